The highest BCUT2D eigenvalue weighted by Gasteiger charge is 2.12. The molecule has 3 aromatic rings. The van der Waals surface area contributed by atoms with Crippen LogP contribution in [0.3, 0.4) is 0 Å². The largest absolute Gasteiger partial charge is 0.299 e. The molecule has 0 amide bonds. The van der Waals surface area contributed by atoms with Gasteiger partial charge in [0.05, 0.1) is 0 Å². The van der Waals surface area contributed by atoms with Gasteiger partial charge in [0.15, 0.2) is 0 Å². The number of hydrogen-bond acceptors (Lipinski definition) is 5. The molecule has 0 aliphatic rings. The van der Waals surface area contributed by atoms with Crippen molar-refractivity contribution in [3.63, 3.8) is 0 Å². The summed E-state index contributed by atoms with van der Waals surface area (Å²) in [4.78, 5) is 18.8. The van der Waals surface area contributed by atoms with Crippen molar-refractivity contribution in [3.05, 3.63) is 59.6 Å². The van der Waals surface area contributed by atoms with E-state index in [0.29, 0.717) is 16.4 Å². The Labute approximate surface area is 165 Å². The number of thiazole rings is 2. The number of benzene rings is 1. The van der Waals surface area contributed by atoms with Crippen LogP contribution in [0.2, 0.25) is 0 Å². The van der Waals surface area contributed by atoms with Crippen LogP contribution in [0, 0.1) is 12.7 Å². The SMILES string of the molecule is CCn1c(=O)/c(=C(/C)Sc2c(C)ccc(F)c2P)s/c1=C\c1nccs1. The molecule has 3 rings (SSSR count). The van der Waals surface area contributed by atoms with Crippen molar-refractivity contribution in [2.24, 2.45) is 0 Å². The van der Waals surface area contributed by atoms with Crippen molar-refractivity contribution in [2.75, 3.05) is 0 Å². The number of aromatic nitrogens is 2. The summed E-state index contributed by atoms with van der Waals surface area (Å²) in [7, 11) is 2.46. The first kappa shape index (κ1) is 19.5. The first-order valence-electron chi connectivity index (χ1n) is 7.96. The van der Waals surface area contributed by atoms with Crippen LogP contribution < -0.4 is 20.1 Å². The molecule has 0 aliphatic carbocycles. The number of hydrogen-bond donors (Lipinski definition) is 0. The van der Waals surface area contributed by atoms with E-state index in [1.165, 1.54) is 40.5 Å². The van der Waals surface area contributed by atoms with Gasteiger partial charge < -0.3 is 0 Å². The second kappa shape index (κ2) is 8.17. The fourth-order valence-corrected chi connectivity index (χ4v) is 5.84. The fraction of sp³-hybridized carbons (Fsp3) is 0.222. The van der Waals surface area contributed by atoms with Crippen LogP contribution >= 0.6 is 43.7 Å². The van der Waals surface area contributed by atoms with Crippen molar-refractivity contribution in [2.45, 2.75) is 32.2 Å². The number of thioether (sulfide) groups is 1. The smallest absolute Gasteiger partial charge is 0.269 e. The summed E-state index contributed by atoms with van der Waals surface area (Å²) in [5.41, 5.74) is 0.979. The molecule has 1 atom stereocenters. The van der Waals surface area contributed by atoms with E-state index < -0.39 is 0 Å². The van der Waals surface area contributed by atoms with E-state index in [1.807, 2.05) is 32.2 Å². The second-order valence-corrected chi connectivity index (χ2v) is 9.36. The van der Waals surface area contributed by atoms with Gasteiger partial charge in [-0.3, -0.25) is 9.36 Å². The lowest BCUT2D eigenvalue weighted by molar-refractivity contribution is 0.633. The van der Waals surface area contributed by atoms with Gasteiger partial charge in [-0.05, 0) is 32.4 Å². The maximum Gasteiger partial charge on any atom is 0.269 e. The van der Waals surface area contributed by atoms with Gasteiger partial charge in [-0.15, -0.1) is 31.9 Å². The van der Waals surface area contributed by atoms with Gasteiger partial charge in [0, 0.05) is 39.3 Å². The molecule has 0 saturated heterocycles. The molecule has 2 heterocycles. The molecule has 1 aromatic carbocycles. The molecule has 136 valence electrons. The van der Waals surface area contributed by atoms with Crippen LogP contribution in [-0.4, -0.2) is 9.55 Å². The van der Waals surface area contributed by atoms with Gasteiger partial charge in [0.2, 0.25) is 0 Å². The van der Waals surface area contributed by atoms with E-state index in [-0.39, 0.29) is 11.4 Å². The topological polar surface area (TPSA) is 34.9 Å². The van der Waals surface area contributed by atoms with E-state index in [0.717, 1.165) is 25.0 Å². The van der Waals surface area contributed by atoms with Crippen LogP contribution in [0.1, 0.15) is 24.4 Å². The highest BCUT2D eigenvalue weighted by Crippen LogP contribution is 2.29. The van der Waals surface area contributed by atoms with E-state index >= 15 is 0 Å². The van der Waals surface area contributed by atoms with Crippen LogP contribution in [0.25, 0.3) is 11.0 Å². The maximum absolute atomic E-state index is 13.9. The minimum Gasteiger partial charge on any atom is -0.299 e. The molecule has 0 fully saturated rings. The normalized spacial score (nSPS) is 13.3. The Morgan fingerprint density at radius 1 is 1.46 bits per heavy atom. The summed E-state index contributed by atoms with van der Waals surface area (Å²) in [6, 6.07) is 3.23. The van der Waals surface area contributed by atoms with Gasteiger partial charge in [-0.1, -0.05) is 17.8 Å². The van der Waals surface area contributed by atoms with Crippen LogP contribution in [0.4, 0.5) is 4.39 Å². The summed E-state index contributed by atoms with van der Waals surface area (Å²) in [6.45, 7) is 6.41. The Hall–Kier alpha value is -1.27. The molecule has 0 spiro atoms. The Balaban J connectivity index is 2.16. The van der Waals surface area contributed by atoms with Crippen LogP contribution in [0.5, 0.6) is 0 Å². The monoisotopic (exact) mass is 424 g/mol. The summed E-state index contributed by atoms with van der Waals surface area (Å²) >= 11 is 4.44. The second-order valence-electron chi connectivity index (χ2n) is 5.60. The molecule has 2 aromatic heterocycles. The lowest BCUT2D eigenvalue weighted by Crippen LogP contribution is -2.31. The molecular weight excluding hydrogens is 406 g/mol. The molecule has 3 nitrogen and oxygen atoms in total. The molecule has 0 bridgehead atoms. The first-order chi connectivity index (χ1) is 12.4. The lowest BCUT2D eigenvalue weighted by Gasteiger charge is -2.09. The summed E-state index contributed by atoms with van der Waals surface area (Å²) < 4.78 is 17.2. The average Bonchev–Trinajstić information content (AvgIpc) is 3.23. The molecule has 0 saturated carbocycles. The van der Waals surface area contributed by atoms with Gasteiger partial charge in [0.1, 0.15) is 20.0 Å². The quantitative estimate of drug-likeness (QED) is 0.477. The molecular formula is C18H18FN2OPS3. The highest BCUT2D eigenvalue weighted by atomic mass is 32.2. The fourth-order valence-electron chi connectivity index (χ4n) is 2.49. The summed E-state index contributed by atoms with van der Waals surface area (Å²) in [5.74, 6) is -0.258. The zero-order chi connectivity index (χ0) is 18.8. The predicted octanol–water partition coefficient (Wildman–Crippen LogP) is 3.08. The minimum absolute atomic E-state index is 0.00957. The lowest BCUT2D eigenvalue weighted by atomic mass is 10.2. The molecule has 8 heteroatoms. The third kappa shape index (κ3) is 3.86. The molecule has 0 aliphatic heterocycles. The van der Waals surface area contributed by atoms with Crippen molar-refractivity contribution in [1.82, 2.24) is 9.55 Å². The Morgan fingerprint density at radius 3 is 2.88 bits per heavy atom. The van der Waals surface area contributed by atoms with E-state index in [9.17, 15) is 9.18 Å². The van der Waals surface area contributed by atoms with Crippen LogP contribution in [0.15, 0.2) is 33.4 Å². The zero-order valence-electron chi connectivity index (χ0n) is 14.6. The van der Waals surface area contributed by atoms with Gasteiger partial charge >= 0.3 is 0 Å². The number of halogens is 1. The molecule has 0 N–H and O–H groups in total. The third-order valence-corrected chi connectivity index (χ3v) is 7.96. The Morgan fingerprint density at radius 2 is 2.23 bits per heavy atom. The number of aryl methyl sites for hydroxylation is 1. The number of rotatable bonds is 4. The molecule has 1 unspecified atom stereocenters. The number of nitrogens with zero attached hydrogens (tertiary/aromatic N) is 2. The summed E-state index contributed by atoms with van der Waals surface area (Å²) in [5, 5.41) is 3.32. The van der Waals surface area contributed by atoms with Gasteiger partial charge in [-0.2, -0.15) is 0 Å². The predicted molar refractivity (Wildman–Crippen MR) is 115 cm³/mol. The van der Waals surface area contributed by atoms with Crippen molar-refractivity contribution in [1.29, 1.82) is 0 Å². The van der Waals surface area contributed by atoms with E-state index in [4.69, 9.17) is 0 Å². The van der Waals surface area contributed by atoms with E-state index in [2.05, 4.69) is 14.2 Å². The summed E-state index contributed by atoms with van der Waals surface area (Å²) in [6.07, 6.45) is 3.69. The zero-order valence-corrected chi connectivity index (χ0v) is 18.2. The van der Waals surface area contributed by atoms with Crippen LogP contribution in [-0.2, 0) is 6.54 Å². The first-order valence-corrected chi connectivity index (χ1v) is 11.1. The van der Waals surface area contributed by atoms with Crippen molar-refractivity contribution in [3.8, 4) is 0 Å². The third-order valence-electron chi connectivity index (χ3n) is 3.84. The highest BCUT2D eigenvalue weighted by molar-refractivity contribution is 8.08. The van der Waals surface area contributed by atoms with Crippen molar-refractivity contribution < 1.29 is 4.39 Å². The average molecular weight is 425 g/mol. The Bertz CT molecular complexity index is 1120. The van der Waals surface area contributed by atoms with Gasteiger partial charge in [-0.25, -0.2) is 9.37 Å². The maximum atomic E-state index is 13.9. The Kier molecular flexibility index (Phi) is 6.13. The standard InChI is InChI=1S/C18H18FN2OPS3/c1-4-21-14(9-13-20-7-8-24-13)26-17(18(21)22)11(3)25-16-10(2)5-6-12(19)15(16)23/h5-9H,4,23H2,1-3H3/b14-9-,17-11+. The molecule has 26 heavy (non-hydrogen) atoms. The van der Waals surface area contributed by atoms with Crippen molar-refractivity contribution >= 4 is 60.0 Å². The van der Waals surface area contributed by atoms with Gasteiger partial charge in [0.25, 0.3) is 5.56 Å². The van der Waals surface area contributed by atoms with E-state index in [1.54, 1.807) is 16.8 Å². The minimum atomic E-state index is -0.258. The molecule has 0 radical (unpaired) electrons.